The van der Waals surface area contributed by atoms with Gasteiger partial charge in [-0.2, -0.15) is 0 Å². The Balaban J connectivity index is 1.44. The minimum atomic E-state index is -0.518. The lowest BCUT2D eigenvalue weighted by atomic mass is 10.0. The smallest absolute Gasteiger partial charge is 0.410 e. The van der Waals surface area contributed by atoms with Gasteiger partial charge in [-0.05, 0) is 57.9 Å². The molecule has 2 saturated heterocycles. The Bertz CT molecular complexity index is 979. The molecular formula is C23H29N3O5. The molecule has 2 aliphatic rings. The van der Waals surface area contributed by atoms with Gasteiger partial charge in [0, 0.05) is 36.3 Å². The molecule has 0 spiro atoms. The first-order valence-electron chi connectivity index (χ1n) is 10.6. The van der Waals surface area contributed by atoms with Gasteiger partial charge in [-0.1, -0.05) is 0 Å². The van der Waals surface area contributed by atoms with E-state index >= 15 is 0 Å². The maximum atomic E-state index is 12.7. The molecule has 2 aromatic rings. The lowest BCUT2D eigenvalue weighted by Gasteiger charge is -2.36. The number of cyclic esters (lactones) is 1. The summed E-state index contributed by atoms with van der Waals surface area (Å²) >= 11 is 0. The van der Waals surface area contributed by atoms with E-state index in [0.29, 0.717) is 32.5 Å². The molecule has 0 radical (unpaired) electrons. The number of ether oxygens (including phenoxy) is 3. The van der Waals surface area contributed by atoms with Crippen molar-refractivity contribution in [1.29, 1.82) is 0 Å². The molecule has 1 atom stereocenters. The molecule has 1 aromatic heterocycles. The van der Waals surface area contributed by atoms with E-state index in [1.807, 2.05) is 45.0 Å². The number of likely N-dealkylation sites (tertiary alicyclic amines) is 1. The Labute approximate surface area is 182 Å². The monoisotopic (exact) mass is 427 g/mol. The number of fused-ring (bicyclic) bond motifs is 1. The standard InChI is InChI=1S/C23H29N3O5/c1-23(2,3)31-21(27)25-11-8-15(9-12-25)26-14-20(30-22(26)28)17-7-10-24-19-6-5-16(29-4)13-18(17)19/h5-7,10,13,15,20H,8-9,11-12,14H2,1-4H3. The highest BCUT2D eigenvalue weighted by molar-refractivity contribution is 5.84. The maximum Gasteiger partial charge on any atom is 0.410 e. The van der Waals surface area contributed by atoms with Gasteiger partial charge in [-0.15, -0.1) is 0 Å². The van der Waals surface area contributed by atoms with E-state index < -0.39 is 5.60 Å². The summed E-state index contributed by atoms with van der Waals surface area (Å²) < 4.78 is 16.6. The first kappa shape index (κ1) is 21.2. The van der Waals surface area contributed by atoms with E-state index in [-0.39, 0.29) is 24.3 Å². The SMILES string of the molecule is COc1ccc2nccc(C3CN(C4CCN(C(=O)OC(C)(C)C)CC4)C(=O)O3)c2c1. The van der Waals surface area contributed by atoms with Crippen LogP contribution < -0.4 is 4.74 Å². The molecule has 2 fully saturated rings. The van der Waals surface area contributed by atoms with Crippen molar-refractivity contribution in [3.05, 3.63) is 36.0 Å². The van der Waals surface area contributed by atoms with Crippen LogP contribution in [0, 0.1) is 0 Å². The molecule has 4 rings (SSSR count). The summed E-state index contributed by atoms with van der Waals surface area (Å²) in [6.07, 6.45) is 2.16. The maximum absolute atomic E-state index is 12.7. The van der Waals surface area contributed by atoms with E-state index in [2.05, 4.69) is 4.98 Å². The van der Waals surface area contributed by atoms with Gasteiger partial charge in [0.25, 0.3) is 0 Å². The highest BCUT2D eigenvalue weighted by Gasteiger charge is 2.39. The second-order valence-corrected chi connectivity index (χ2v) is 9.01. The summed E-state index contributed by atoms with van der Waals surface area (Å²) in [4.78, 5) is 32.9. The largest absolute Gasteiger partial charge is 0.497 e. The van der Waals surface area contributed by atoms with Crippen molar-refractivity contribution in [3.63, 3.8) is 0 Å². The van der Waals surface area contributed by atoms with Crippen molar-refractivity contribution < 1.29 is 23.8 Å². The first-order valence-corrected chi connectivity index (χ1v) is 10.6. The highest BCUT2D eigenvalue weighted by Crippen LogP contribution is 2.34. The van der Waals surface area contributed by atoms with Gasteiger partial charge in [0.15, 0.2) is 0 Å². The van der Waals surface area contributed by atoms with Gasteiger partial charge >= 0.3 is 12.2 Å². The van der Waals surface area contributed by atoms with Gasteiger partial charge in [0.05, 0.1) is 19.2 Å². The molecule has 166 valence electrons. The van der Waals surface area contributed by atoms with E-state index in [1.165, 1.54) is 0 Å². The van der Waals surface area contributed by atoms with Crippen molar-refractivity contribution in [3.8, 4) is 5.75 Å². The number of methoxy groups -OCH3 is 1. The normalized spacial score (nSPS) is 20.1. The summed E-state index contributed by atoms with van der Waals surface area (Å²) in [5.41, 5.74) is 1.24. The number of hydrogen-bond acceptors (Lipinski definition) is 6. The van der Waals surface area contributed by atoms with E-state index in [9.17, 15) is 9.59 Å². The zero-order chi connectivity index (χ0) is 22.2. The Morgan fingerprint density at radius 3 is 2.61 bits per heavy atom. The number of piperidine rings is 1. The zero-order valence-electron chi connectivity index (χ0n) is 18.5. The third kappa shape index (κ3) is 4.52. The summed E-state index contributed by atoms with van der Waals surface area (Å²) in [5.74, 6) is 0.734. The predicted octanol–water partition coefficient (Wildman–Crippen LogP) is 4.14. The van der Waals surface area contributed by atoms with E-state index in [4.69, 9.17) is 14.2 Å². The molecule has 0 saturated carbocycles. The first-order chi connectivity index (χ1) is 14.7. The third-order valence-corrected chi connectivity index (χ3v) is 5.73. The predicted molar refractivity (Wildman–Crippen MR) is 115 cm³/mol. The number of rotatable bonds is 3. The number of benzene rings is 1. The van der Waals surface area contributed by atoms with Crippen LogP contribution in [0.25, 0.3) is 10.9 Å². The molecule has 3 heterocycles. The Morgan fingerprint density at radius 1 is 1.19 bits per heavy atom. The van der Waals surface area contributed by atoms with Crippen molar-refractivity contribution in [2.24, 2.45) is 0 Å². The molecule has 31 heavy (non-hydrogen) atoms. The molecule has 0 bridgehead atoms. The van der Waals surface area contributed by atoms with Crippen LogP contribution in [-0.2, 0) is 9.47 Å². The lowest BCUT2D eigenvalue weighted by Crippen LogP contribution is -2.48. The van der Waals surface area contributed by atoms with Crippen LogP contribution >= 0.6 is 0 Å². The van der Waals surface area contributed by atoms with Crippen molar-refractivity contribution in [2.75, 3.05) is 26.7 Å². The number of carbonyl (C=O) groups excluding carboxylic acids is 2. The van der Waals surface area contributed by atoms with E-state index in [1.54, 1.807) is 23.1 Å². The van der Waals surface area contributed by atoms with Crippen LogP contribution in [0.15, 0.2) is 30.5 Å². The molecule has 0 aliphatic carbocycles. The van der Waals surface area contributed by atoms with E-state index in [0.717, 1.165) is 22.2 Å². The highest BCUT2D eigenvalue weighted by atomic mass is 16.6. The fraction of sp³-hybridized carbons (Fsp3) is 0.522. The van der Waals surface area contributed by atoms with Crippen molar-refractivity contribution >= 4 is 23.1 Å². The average molecular weight is 428 g/mol. The van der Waals surface area contributed by atoms with Crippen LogP contribution in [0.1, 0.15) is 45.3 Å². The number of hydrogen-bond donors (Lipinski definition) is 0. The second kappa shape index (κ2) is 8.24. The molecule has 1 aromatic carbocycles. The molecule has 0 N–H and O–H groups in total. The fourth-order valence-corrected chi connectivity index (χ4v) is 4.18. The molecule has 2 aliphatic heterocycles. The fourth-order valence-electron chi connectivity index (χ4n) is 4.18. The van der Waals surface area contributed by atoms with Gasteiger partial charge in [0.2, 0.25) is 0 Å². The van der Waals surface area contributed by atoms with Crippen LogP contribution in [-0.4, -0.2) is 65.4 Å². The number of nitrogens with zero attached hydrogens (tertiary/aromatic N) is 3. The summed E-state index contributed by atoms with van der Waals surface area (Å²) in [6, 6.07) is 7.63. The Hall–Kier alpha value is -3.03. The minimum Gasteiger partial charge on any atom is -0.497 e. The third-order valence-electron chi connectivity index (χ3n) is 5.73. The quantitative estimate of drug-likeness (QED) is 0.732. The minimum absolute atomic E-state index is 0.0406. The van der Waals surface area contributed by atoms with Crippen LogP contribution in [0.3, 0.4) is 0 Å². The summed E-state index contributed by atoms with van der Waals surface area (Å²) in [6.45, 7) is 7.17. The number of carbonyl (C=O) groups is 2. The molecule has 8 nitrogen and oxygen atoms in total. The van der Waals surface area contributed by atoms with Crippen LogP contribution in [0.2, 0.25) is 0 Å². The van der Waals surface area contributed by atoms with Crippen molar-refractivity contribution in [2.45, 2.75) is 51.4 Å². The molecular weight excluding hydrogens is 398 g/mol. The summed E-state index contributed by atoms with van der Waals surface area (Å²) in [7, 11) is 1.62. The Morgan fingerprint density at radius 2 is 1.94 bits per heavy atom. The Kier molecular flexibility index (Phi) is 5.64. The lowest BCUT2D eigenvalue weighted by molar-refractivity contribution is 0.0168. The number of pyridine rings is 1. The molecule has 2 amide bonds. The average Bonchev–Trinajstić information content (AvgIpc) is 3.13. The second-order valence-electron chi connectivity index (χ2n) is 9.01. The van der Waals surface area contributed by atoms with Crippen LogP contribution in [0.4, 0.5) is 9.59 Å². The van der Waals surface area contributed by atoms with Crippen LogP contribution in [0.5, 0.6) is 5.75 Å². The summed E-state index contributed by atoms with van der Waals surface area (Å²) in [5, 5.41) is 0.918. The topological polar surface area (TPSA) is 81.2 Å². The van der Waals surface area contributed by atoms with Gasteiger partial charge in [-0.3, -0.25) is 4.98 Å². The zero-order valence-corrected chi connectivity index (χ0v) is 18.5. The molecule has 8 heteroatoms. The molecule has 1 unspecified atom stereocenters. The number of amides is 2. The van der Waals surface area contributed by atoms with Gasteiger partial charge in [-0.25, -0.2) is 9.59 Å². The van der Waals surface area contributed by atoms with Gasteiger partial charge in [0.1, 0.15) is 17.5 Å². The van der Waals surface area contributed by atoms with Crippen molar-refractivity contribution in [1.82, 2.24) is 14.8 Å². The number of aromatic nitrogens is 1. The van der Waals surface area contributed by atoms with Gasteiger partial charge < -0.3 is 24.0 Å².